The normalized spacial score (nSPS) is 46.4. The lowest BCUT2D eigenvalue weighted by Crippen LogP contribution is -2.68. The number of hydrogen-bond acceptors (Lipinski definition) is 5. The SMILES string of the molecule is C=C(C)[C@@H]1CC[C@]2(NCCN3CCS(=O)(=O)CC(C)C3)CC[C@]3(C)[C@H](CC[C@@H]4[C@@]5(C)CC=C(C6=CC[C@](CF)(C(=O)O)CC6)C(C)(C)[C@@H]5CC[C@]43C)[C@@H]12. The number of hydrogen-bond donors (Lipinski definition) is 2. The molecule has 0 aromatic rings. The molecule has 7 rings (SSSR count). The van der Waals surface area contributed by atoms with Gasteiger partial charge in [-0.25, -0.2) is 12.8 Å². The Labute approximate surface area is 321 Å². The molecule has 2 N–H and O–H groups in total. The molecule has 0 bridgehead atoms. The molecule has 298 valence electrons. The molecule has 4 saturated carbocycles. The maximum absolute atomic E-state index is 14.0. The largest absolute Gasteiger partial charge is 0.481 e. The molecular formula is C45H71FN2O4S. The van der Waals surface area contributed by atoms with Crippen molar-refractivity contribution in [2.24, 2.45) is 62.6 Å². The summed E-state index contributed by atoms with van der Waals surface area (Å²) in [6, 6.07) is 0. The van der Waals surface area contributed by atoms with Crippen LogP contribution < -0.4 is 5.32 Å². The number of nitrogens with one attached hydrogen (secondary N) is 1. The topological polar surface area (TPSA) is 86.7 Å². The molecule has 0 amide bonds. The van der Waals surface area contributed by atoms with Crippen molar-refractivity contribution in [3.63, 3.8) is 0 Å². The van der Waals surface area contributed by atoms with Crippen LogP contribution in [0.2, 0.25) is 0 Å². The molecule has 1 aliphatic heterocycles. The van der Waals surface area contributed by atoms with E-state index in [9.17, 15) is 22.7 Å². The Morgan fingerprint density at radius 3 is 2.40 bits per heavy atom. The van der Waals surface area contributed by atoms with Gasteiger partial charge in [0.25, 0.3) is 0 Å². The number of halogens is 1. The predicted molar refractivity (Wildman–Crippen MR) is 213 cm³/mol. The van der Waals surface area contributed by atoms with Gasteiger partial charge in [0, 0.05) is 31.7 Å². The molecule has 0 aromatic heterocycles. The maximum Gasteiger partial charge on any atom is 0.312 e. The number of alkyl halides is 1. The van der Waals surface area contributed by atoms with Crippen LogP contribution in [0.1, 0.15) is 126 Å². The minimum absolute atomic E-state index is 0.0195. The number of rotatable bonds is 8. The number of allylic oxidation sites excluding steroid dienone is 5. The summed E-state index contributed by atoms with van der Waals surface area (Å²) in [7, 11) is -2.96. The van der Waals surface area contributed by atoms with Gasteiger partial charge in [-0.15, -0.1) is 0 Å². The van der Waals surface area contributed by atoms with Crippen LogP contribution >= 0.6 is 0 Å². The fourth-order valence-corrected chi connectivity index (χ4v) is 16.8. The molecule has 7 aliphatic rings. The van der Waals surface area contributed by atoms with Gasteiger partial charge in [0.1, 0.15) is 6.67 Å². The van der Waals surface area contributed by atoms with E-state index in [2.05, 4.69) is 77.4 Å². The third kappa shape index (κ3) is 6.19. The van der Waals surface area contributed by atoms with Crippen LogP contribution in [0.5, 0.6) is 0 Å². The van der Waals surface area contributed by atoms with E-state index in [0.29, 0.717) is 54.7 Å². The highest BCUT2D eigenvalue weighted by atomic mass is 32.2. The van der Waals surface area contributed by atoms with Crippen LogP contribution in [-0.2, 0) is 14.6 Å². The summed E-state index contributed by atoms with van der Waals surface area (Å²) in [5.41, 5.74) is 3.56. The van der Waals surface area contributed by atoms with E-state index < -0.39 is 27.9 Å². The van der Waals surface area contributed by atoms with E-state index >= 15 is 0 Å². The molecule has 6 aliphatic carbocycles. The summed E-state index contributed by atoms with van der Waals surface area (Å²) in [6.07, 6.45) is 16.9. The van der Waals surface area contributed by atoms with Crippen molar-refractivity contribution in [3.8, 4) is 0 Å². The van der Waals surface area contributed by atoms with Crippen molar-refractivity contribution < 1.29 is 22.7 Å². The summed E-state index contributed by atoms with van der Waals surface area (Å²) in [5.74, 6) is 2.75. The molecule has 0 aromatic carbocycles. The van der Waals surface area contributed by atoms with E-state index in [1.807, 2.05) is 0 Å². The lowest BCUT2D eigenvalue weighted by molar-refractivity contribution is -0.221. The lowest BCUT2D eigenvalue weighted by atomic mass is 9.33. The lowest BCUT2D eigenvalue weighted by Gasteiger charge is -2.72. The van der Waals surface area contributed by atoms with Crippen LogP contribution in [0.25, 0.3) is 0 Å². The number of aliphatic carboxylic acids is 1. The van der Waals surface area contributed by atoms with E-state index in [1.54, 1.807) is 0 Å². The second-order valence-corrected chi connectivity index (χ2v) is 23.2. The highest BCUT2D eigenvalue weighted by Gasteiger charge is 2.70. The zero-order valence-corrected chi connectivity index (χ0v) is 35.0. The molecule has 0 spiro atoms. The van der Waals surface area contributed by atoms with Gasteiger partial charge < -0.3 is 15.3 Å². The smallest absolute Gasteiger partial charge is 0.312 e. The Hall–Kier alpha value is -1.51. The van der Waals surface area contributed by atoms with Gasteiger partial charge in [-0.2, -0.15) is 0 Å². The zero-order chi connectivity index (χ0) is 38.4. The van der Waals surface area contributed by atoms with Gasteiger partial charge in [-0.1, -0.05) is 65.8 Å². The predicted octanol–water partition coefficient (Wildman–Crippen LogP) is 9.04. The Morgan fingerprint density at radius 1 is 0.981 bits per heavy atom. The van der Waals surface area contributed by atoms with Gasteiger partial charge in [0.05, 0.1) is 16.9 Å². The van der Waals surface area contributed by atoms with Gasteiger partial charge in [0.2, 0.25) is 0 Å². The molecule has 0 radical (unpaired) electrons. The first-order valence-electron chi connectivity index (χ1n) is 21.3. The number of carboxylic acid groups (broad SMARTS) is 1. The molecule has 5 fully saturated rings. The van der Waals surface area contributed by atoms with Crippen molar-refractivity contribution in [1.82, 2.24) is 10.2 Å². The summed E-state index contributed by atoms with van der Waals surface area (Å²) >= 11 is 0. The second kappa shape index (κ2) is 13.6. The summed E-state index contributed by atoms with van der Waals surface area (Å²) < 4.78 is 38.9. The second-order valence-electron chi connectivity index (χ2n) is 21.0. The van der Waals surface area contributed by atoms with E-state index in [0.717, 1.165) is 26.1 Å². The average Bonchev–Trinajstić information content (AvgIpc) is 3.40. The summed E-state index contributed by atoms with van der Waals surface area (Å²) in [5, 5.41) is 14.1. The van der Waals surface area contributed by atoms with Crippen molar-refractivity contribution in [3.05, 3.63) is 35.5 Å². The third-order valence-electron chi connectivity index (χ3n) is 18.0. The average molecular weight is 755 g/mol. The Morgan fingerprint density at radius 2 is 1.74 bits per heavy atom. The standard InChI is InChI=1S/C45H71FN2O4S/c1-30(2)33-13-20-45(47-23-24-48-25-26-53(51,52)28-31(3)27-48)22-21-42(7)35(38(33)45)9-10-37-41(6)16-14-34(40(4,5)36(41)15-17-43(37,42)8)32-11-18-44(29-46,19-12-32)39(49)50/h11,14,31,33,35-38,47H,1,9-10,12-13,15-29H2,2-8H3,(H,49,50)/t31?,33-,35+,36-,37+,38+,41-,42+,43+,44-,45-/m0/s1. The van der Waals surface area contributed by atoms with Crippen LogP contribution in [0, 0.1) is 62.6 Å². The van der Waals surface area contributed by atoms with Gasteiger partial charge in [0.15, 0.2) is 9.84 Å². The number of carbonyl (C=O) groups is 1. The van der Waals surface area contributed by atoms with Gasteiger partial charge in [-0.3, -0.25) is 4.79 Å². The number of fused-ring (bicyclic) bond motifs is 7. The number of nitrogens with zero attached hydrogens (tertiary/aromatic N) is 1. The third-order valence-corrected chi connectivity index (χ3v) is 19.9. The highest BCUT2D eigenvalue weighted by Crippen LogP contribution is 2.76. The fourth-order valence-electron chi connectivity index (χ4n) is 15.2. The van der Waals surface area contributed by atoms with Crippen LogP contribution in [0.3, 0.4) is 0 Å². The number of sulfone groups is 1. The van der Waals surface area contributed by atoms with Gasteiger partial charge >= 0.3 is 5.97 Å². The Bertz CT molecular complexity index is 1650. The fraction of sp³-hybridized carbons (Fsp3) is 0.844. The molecular weight excluding hydrogens is 684 g/mol. The minimum Gasteiger partial charge on any atom is -0.481 e. The van der Waals surface area contributed by atoms with E-state index in [-0.39, 0.29) is 45.3 Å². The minimum atomic E-state index is -2.96. The summed E-state index contributed by atoms with van der Waals surface area (Å²) in [6.45, 7) is 24.4. The van der Waals surface area contributed by atoms with Crippen molar-refractivity contribution in [2.75, 3.05) is 44.4 Å². The van der Waals surface area contributed by atoms with Crippen molar-refractivity contribution in [2.45, 2.75) is 131 Å². The molecule has 6 nitrogen and oxygen atoms in total. The highest BCUT2D eigenvalue weighted by molar-refractivity contribution is 7.91. The van der Waals surface area contributed by atoms with Crippen LogP contribution in [-0.4, -0.2) is 74.3 Å². The monoisotopic (exact) mass is 755 g/mol. The van der Waals surface area contributed by atoms with E-state index in [1.165, 1.54) is 68.1 Å². The quantitative estimate of drug-likeness (QED) is 0.241. The molecule has 1 saturated heterocycles. The first-order chi connectivity index (χ1) is 24.8. The van der Waals surface area contributed by atoms with Crippen molar-refractivity contribution in [1.29, 1.82) is 0 Å². The van der Waals surface area contributed by atoms with Crippen LogP contribution in [0.4, 0.5) is 4.39 Å². The Kier molecular flexibility index (Phi) is 10.2. The molecule has 11 atom stereocenters. The van der Waals surface area contributed by atoms with Crippen LogP contribution in [0.15, 0.2) is 35.5 Å². The molecule has 8 heteroatoms. The summed E-state index contributed by atoms with van der Waals surface area (Å²) in [4.78, 5) is 14.4. The molecule has 1 heterocycles. The van der Waals surface area contributed by atoms with Gasteiger partial charge in [-0.05, 0) is 152 Å². The first-order valence-corrected chi connectivity index (χ1v) is 23.1. The Balaban J connectivity index is 1.13. The number of carboxylic acids is 1. The maximum atomic E-state index is 14.0. The molecule has 53 heavy (non-hydrogen) atoms. The first kappa shape index (κ1) is 39.7. The van der Waals surface area contributed by atoms with Crippen molar-refractivity contribution >= 4 is 15.8 Å². The molecule has 1 unspecified atom stereocenters. The van der Waals surface area contributed by atoms with E-state index in [4.69, 9.17) is 0 Å². The zero-order valence-electron chi connectivity index (χ0n) is 34.2.